The fourth-order valence-electron chi connectivity index (χ4n) is 6.43. The Morgan fingerprint density at radius 3 is 0.786 bits per heavy atom. The van der Waals surface area contributed by atoms with Gasteiger partial charge in [-0.1, -0.05) is 97.1 Å². The minimum atomic E-state index is 0.718. The SMILES string of the molecule is CSc1ccc(N(c2ccc(/C=C/c3ccc(/C=C/c4ccc(N(c5ccc(CS)cc5)c5ccc(CS)cc5)cc4)cc3)cc2)c2ccc(SC)cc2)cc1. The van der Waals surface area contributed by atoms with E-state index < -0.39 is 0 Å². The van der Waals surface area contributed by atoms with E-state index in [1.54, 1.807) is 23.5 Å². The first-order chi connectivity index (χ1) is 27.5. The number of benzene rings is 7. The largest absolute Gasteiger partial charge is 0.311 e. The molecule has 0 amide bonds. The van der Waals surface area contributed by atoms with Crippen LogP contribution in [0.25, 0.3) is 24.3 Å². The second kappa shape index (κ2) is 19.2. The molecule has 0 aliphatic carbocycles. The lowest BCUT2D eigenvalue weighted by Gasteiger charge is -2.26. The minimum Gasteiger partial charge on any atom is -0.311 e. The molecule has 0 saturated heterocycles. The van der Waals surface area contributed by atoms with Crippen LogP contribution in [0.5, 0.6) is 0 Å². The number of anilines is 6. The van der Waals surface area contributed by atoms with Gasteiger partial charge < -0.3 is 9.80 Å². The predicted octanol–water partition coefficient (Wildman–Crippen LogP) is 15.3. The summed E-state index contributed by atoms with van der Waals surface area (Å²) in [6, 6.07) is 60.9. The van der Waals surface area contributed by atoms with Gasteiger partial charge in [0.2, 0.25) is 0 Å². The fourth-order valence-corrected chi connectivity index (χ4v) is 7.67. The summed E-state index contributed by atoms with van der Waals surface area (Å²) in [4.78, 5) is 7.10. The predicted molar refractivity (Wildman–Crippen MR) is 255 cm³/mol. The van der Waals surface area contributed by atoms with E-state index in [4.69, 9.17) is 0 Å². The molecule has 56 heavy (non-hydrogen) atoms. The zero-order valence-electron chi connectivity index (χ0n) is 31.5. The van der Waals surface area contributed by atoms with Gasteiger partial charge in [0.25, 0.3) is 0 Å². The van der Waals surface area contributed by atoms with Gasteiger partial charge in [-0.15, -0.1) is 23.5 Å². The summed E-state index contributed by atoms with van der Waals surface area (Å²) in [6.45, 7) is 0. The molecule has 7 aromatic rings. The first-order valence-electron chi connectivity index (χ1n) is 18.5. The van der Waals surface area contributed by atoms with Crippen molar-refractivity contribution in [2.24, 2.45) is 0 Å². The van der Waals surface area contributed by atoms with Crippen molar-refractivity contribution in [3.63, 3.8) is 0 Å². The van der Waals surface area contributed by atoms with E-state index in [1.807, 2.05) is 0 Å². The number of thiol groups is 2. The van der Waals surface area contributed by atoms with E-state index >= 15 is 0 Å². The molecule has 0 fully saturated rings. The maximum atomic E-state index is 4.44. The highest BCUT2D eigenvalue weighted by molar-refractivity contribution is 7.98. The summed E-state index contributed by atoms with van der Waals surface area (Å²) in [5, 5.41) is 0. The summed E-state index contributed by atoms with van der Waals surface area (Å²) >= 11 is 12.4. The van der Waals surface area contributed by atoms with Crippen LogP contribution >= 0.6 is 48.8 Å². The maximum Gasteiger partial charge on any atom is 0.0462 e. The van der Waals surface area contributed by atoms with E-state index in [0.29, 0.717) is 0 Å². The summed E-state index contributed by atoms with van der Waals surface area (Å²) in [6.07, 6.45) is 12.9. The summed E-state index contributed by atoms with van der Waals surface area (Å²) in [5.41, 5.74) is 13.7. The van der Waals surface area contributed by atoms with Crippen LogP contribution in [0.2, 0.25) is 0 Å². The van der Waals surface area contributed by atoms with Crippen molar-refractivity contribution in [2.45, 2.75) is 21.3 Å². The molecule has 0 saturated carbocycles. The maximum absolute atomic E-state index is 4.44. The van der Waals surface area contributed by atoms with Crippen LogP contribution in [0.4, 0.5) is 34.1 Å². The molecule has 0 heterocycles. The lowest BCUT2D eigenvalue weighted by Crippen LogP contribution is -2.10. The molecule has 0 aliphatic rings. The van der Waals surface area contributed by atoms with Gasteiger partial charge in [0.05, 0.1) is 0 Å². The summed E-state index contributed by atoms with van der Waals surface area (Å²) in [5.74, 6) is 1.44. The molecule has 278 valence electrons. The fraction of sp³-hybridized carbons (Fsp3) is 0.0800. The third-order valence-electron chi connectivity index (χ3n) is 9.59. The molecule has 0 N–H and O–H groups in total. The molecule has 6 heteroatoms. The van der Waals surface area contributed by atoms with Crippen molar-refractivity contribution < 1.29 is 0 Å². The quantitative estimate of drug-likeness (QED) is 0.0642. The van der Waals surface area contributed by atoms with Gasteiger partial charge in [-0.25, -0.2) is 0 Å². The molecule has 0 spiro atoms. The first-order valence-corrected chi connectivity index (χ1v) is 22.2. The van der Waals surface area contributed by atoms with Crippen molar-refractivity contribution >= 4 is 107 Å². The van der Waals surface area contributed by atoms with Crippen LogP contribution in [0.15, 0.2) is 180 Å². The van der Waals surface area contributed by atoms with E-state index in [2.05, 4.69) is 242 Å². The highest BCUT2D eigenvalue weighted by atomic mass is 32.2. The Labute approximate surface area is 351 Å². The van der Waals surface area contributed by atoms with Gasteiger partial charge in [-0.3, -0.25) is 0 Å². The average Bonchev–Trinajstić information content (AvgIpc) is 3.27. The molecule has 0 radical (unpaired) electrons. The second-order valence-electron chi connectivity index (χ2n) is 13.2. The molecule has 0 atom stereocenters. The second-order valence-corrected chi connectivity index (χ2v) is 15.6. The Morgan fingerprint density at radius 2 is 0.554 bits per heavy atom. The van der Waals surface area contributed by atoms with Gasteiger partial charge in [0.15, 0.2) is 0 Å². The minimum absolute atomic E-state index is 0.718. The Hall–Kier alpha value is -4.98. The average molecular weight is 801 g/mol. The highest BCUT2D eigenvalue weighted by Crippen LogP contribution is 2.37. The summed E-state index contributed by atoms with van der Waals surface area (Å²) < 4.78 is 0. The zero-order chi connectivity index (χ0) is 38.7. The van der Waals surface area contributed by atoms with Gasteiger partial charge in [-0.2, -0.15) is 25.3 Å². The van der Waals surface area contributed by atoms with E-state index in [1.165, 1.54) is 20.9 Å². The molecule has 0 aromatic heterocycles. The van der Waals surface area contributed by atoms with Crippen molar-refractivity contribution in [2.75, 3.05) is 22.3 Å². The van der Waals surface area contributed by atoms with Gasteiger partial charge in [0.1, 0.15) is 0 Å². The van der Waals surface area contributed by atoms with Crippen molar-refractivity contribution in [3.05, 3.63) is 203 Å². The zero-order valence-corrected chi connectivity index (χ0v) is 34.9. The smallest absolute Gasteiger partial charge is 0.0462 e. The molecular formula is C50H44N2S4. The van der Waals surface area contributed by atoms with Gasteiger partial charge in [-0.05, 0) is 143 Å². The molecule has 7 rings (SSSR count). The van der Waals surface area contributed by atoms with Crippen LogP contribution < -0.4 is 9.80 Å². The molecular weight excluding hydrogens is 757 g/mol. The number of hydrogen-bond donors (Lipinski definition) is 2. The third kappa shape index (κ3) is 9.87. The Kier molecular flexibility index (Phi) is 13.5. The highest BCUT2D eigenvalue weighted by Gasteiger charge is 2.14. The lowest BCUT2D eigenvalue weighted by atomic mass is 10.1. The van der Waals surface area contributed by atoms with Crippen molar-refractivity contribution in [1.29, 1.82) is 0 Å². The number of hydrogen-bond acceptors (Lipinski definition) is 6. The molecule has 2 nitrogen and oxygen atoms in total. The van der Waals surface area contributed by atoms with E-state index in [9.17, 15) is 0 Å². The first kappa shape index (κ1) is 39.3. The normalized spacial score (nSPS) is 11.4. The summed E-state index contributed by atoms with van der Waals surface area (Å²) in [7, 11) is 0. The number of thioether (sulfide) groups is 2. The van der Waals surface area contributed by atoms with Crippen LogP contribution in [0.3, 0.4) is 0 Å². The Bertz CT molecular complexity index is 2080. The molecule has 0 unspecified atom stereocenters. The number of nitrogens with zero attached hydrogens (tertiary/aromatic N) is 2. The van der Waals surface area contributed by atoms with Gasteiger partial charge in [0, 0.05) is 55.4 Å². The van der Waals surface area contributed by atoms with E-state index in [0.717, 1.165) is 67.9 Å². The topological polar surface area (TPSA) is 6.48 Å². The lowest BCUT2D eigenvalue weighted by molar-refractivity contribution is 1.26. The van der Waals surface area contributed by atoms with Crippen LogP contribution in [0.1, 0.15) is 33.4 Å². The van der Waals surface area contributed by atoms with E-state index in [-0.39, 0.29) is 0 Å². The standard InChI is InChI=1S/C50H44N2S4/c1-55-49-31-27-47(28-32-49)52(48-29-33-50(56-2)34-30-48)44-21-13-40(14-22-44)10-8-38-5-3-37(4-6-38)7-9-39-11-19-43(20-12-39)51(45-23-15-41(35-53)16-24-45)46-25-17-42(36-54)18-26-46/h3-34,53-54H,35-36H2,1-2H3/b9-7+,10-8+. The van der Waals surface area contributed by atoms with Crippen LogP contribution in [-0.2, 0) is 11.5 Å². The Morgan fingerprint density at radius 1 is 0.339 bits per heavy atom. The van der Waals surface area contributed by atoms with Crippen molar-refractivity contribution in [3.8, 4) is 0 Å². The number of rotatable bonds is 14. The van der Waals surface area contributed by atoms with Crippen molar-refractivity contribution in [1.82, 2.24) is 0 Å². The third-order valence-corrected chi connectivity index (χ3v) is 11.8. The van der Waals surface area contributed by atoms with Crippen LogP contribution in [0, 0.1) is 0 Å². The molecule has 0 bridgehead atoms. The van der Waals surface area contributed by atoms with Gasteiger partial charge >= 0.3 is 0 Å². The van der Waals surface area contributed by atoms with Crippen LogP contribution in [-0.4, -0.2) is 12.5 Å². The monoisotopic (exact) mass is 800 g/mol. The molecule has 7 aromatic carbocycles. The Balaban J connectivity index is 1.02. The molecule has 0 aliphatic heterocycles.